The highest BCUT2D eigenvalue weighted by Crippen LogP contribution is 2.38. The molecule has 0 saturated heterocycles. The molecule has 0 bridgehead atoms. The fourth-order valence-corrected chi connectivity index (χ4v) is 3.88. The molecular weight excluding hydrogens is 565 g/mol. The van der Waals surface area contributed by atoms with Crippen molar-refractivity contribution in [2.45, 2.75) is 31.1 Å². The standard InChI is InChI=1S/C23H19BrClF3N6O2/c24-17-7-12(9-31-19(17)29)20(35)34-22(5-6-22)21(36)32-10-14-2-3-15(11-30-14)33-18-4-1-13(25)8-16(18)23(26,27)28/h1-4,7-9,11,33H,5-6,10H2,(H2,29,31)(H,32,36)(H,34,35). The summed E-state index contributed by atoms with van der Waals surface area (Å²) in [4.78, 5) is 33.4. The maximum absolute atomic E-state index is 13.3. The van der Waals surface area contributed by atoms with Crippen molar-refractivity contribution in [3.05, 3.63) is 75.1 Å². The monoisotopic (exact) mass is 582 g/mol. The molecule has 1 aromatic carbocycles. The van der Waals surface area contributed by atoms with Gasteiger partial charge in [0.2, 0.25) is 5.91 Å². The number of pyridine rings is 2. The molecule has 0 aliphatic heterocycles. The molecule has 1 aliphatic carbocycles. The molecule has 13 heteroatoms. The SMILES string of the molecule is Nc1ncc(C(=O)NC2(C(=O)NCc3ccc(Nc4ccc(Cl)cc4C(F)(F)F)cn3)CC2)cc1Br. The third kappa shape index (κ3) is 5.88. The zero-order chi connectivity index (χ0) is 26.1. The number of nitrogens with zero attached hydrogens (tertiary/aromatic N) is 2. The van der Waals surface area contributed by atoms with Crippen LogP contribution in [0.4, 0.5) is 30.4 Å². The minimum Gasteiger partial charge on any atom is -0.383 e. The number of rotatable bonds is 7. The van der Waals surface area contributed by atoms with Gasteiger partial charge in [-0.1, -0.05) is 11.6 Å². The van der Waals surface area contributed by atoms with E-state index in [1.54, 1.807) is 12.1 Å². The number of nitrogens with one attached hydrogen (secondary N) is 3. The number of benzene rings is 1. The van der Waals surface area contributed by atoms with Crippen molar-refractivity contribution in [1.29, 1.82) is 0 Å². The summed E-state index contributed by atoms with van der Waals surface area (Å²) >= 11 is 8.92. The molecule has 0 spiro atoms. The van der Waals surface area contributed by atoms with E-state index in [2.05, 4.69) is 41.8 Å². The van der Waals surface area contributed by atoms with Crippen LogP contribution in [0, 0.1) is 0 Å². The molecule has 188 valence electrons. The molecule has 0 radical (unpaired) electrons. The lowest BCUT2D eigenvalue weighted by Gasteiger charge is -2.17. The number of aromatic nitrogens is 2. The summed E-state index contributed by atoms with van der Waals surface area (Å²) in [6, 6.07) is 8.07. The van der Waals surface area contributed by atoms with Crippen molar-refractivity contribution >= 4 is 56.5 Å². The number of nitrogens with two attached hydrogens (primary N) is 1. The van der Waals surface area contributed by atoms with Crippen LogP contribution in [0.3, 0.4) is 0 Å². The van der Waals surface area contributed by atoms with Gasteiger partial charge in [-0.25, -0.2) is 4.98 Å². The number of halogens is 5. The van der Waals surface area contributed by atoms with Crippen molar-refractivity contribution < 1.29 is 22.8 Å². The van der Waals surface area contributed by atoms with Gasteiger partial charge < -0.3 is 21.7 Å². The molecule has 2 heterocycles. The number of alkyl halides is 3. The molecule has 36 heavy (non-hydrogen) atoms. The van der Waals surface area contributed by atoms with Crippen LogP contribution in [0.25, 0.3) is 0 Å². The minimum absolute atomic E-state index is 0.0280. The van der Waals surface area contributed by atoms with E-state index >= 15 is 0 Å². The van der Waals surface area contributed by atoms with E-state index in [-0.39, 0.29) is 34.5 Å². The maximum Gasteiger partial charge on any atom is 0.418 e. The maximum atomic E-state index is 13.3. The third-order valence-electron chi connectivity index (χ3n) is 5.49. The molecule has 0 atom stereocenters. The Hall–Kier alpha value is -3.38. The van der Waals surface area contributed by atoms with Crippen LogP contribution in [-0.4, -0.2) is 27.3 Å². The van der Waals surface area contributed by atoms with Gasteiger partial charge in [0.25, 0.3) is 5.91 Å². The average Bonchev–Trinajstić information content (AvgIpc) is 3.61. The van der Waals surface area contributed by atoms with Crippen LogP contribution in [0.15, 0.2) is 53.3 Å². The second-order valence-corrected chi connectivity index (χ2v) is 9.45. The summed E-state index contributed by atoms with van der Waals surface area (Å²) in [5.41, 5.74) is 4.62. The zero-order valence-electron chi connectivity index (χ0n) is 18.4. The second kappa shape index (κ2) is 9.94. The molecule has 5 N–H and O–H groups in total. The highest BCUT2D eigenvalue weighted by molar-refractivity contribution is 9.10. The Morgan fingerprint density at radius 3 is 2.47 bits per heavy atom. The van der Waals surface area contributed by atoms with Gasteiger partial charge in [-0.3, -0.25) is 14.6 Å². The first-order chi connectivity index (χ1) is 17.0. The molecule has 2 amide bonds. The van der Waals surface area contributed by atoms with E-state index in [0.29, 0.717) is 28.7 Å². The quantitative estimate of drug-likeness (QED) is 0.317. The van der Waals surface area contributed by atoms with Crippen molar-refractivity contribution in [2.75, 3.05) is 11.1 Å². The van der Waals surface area contributed by atoms with Crippen LogP contribution in [0.2, 0.25) is 5.02 Å². The minimum atomic E-state index is -4.58. The molecule has 4 rings (SSSR count). The molecular formula is C23H19BrClF3N6O2. The van der Waals surface area contributed by atoms with E-state index < -0.39 is 23.2 Å². The molecule has 3 aromatic rings. The van der Waals surface area contributed by atoms with Crippen LogP contribution in [0.1, 0.15) is 34.5 Å². The van der Waals surface area contributed by atoms with Crippen LogP contribution in [0.5, 0.6) is 0 Å². The number of nitrogen functional groups attached to an aromatic ring is 1. The summed E-state index contributed by atoms with van der Waals surface area (Å²) in [5.74, 6) is -0.573. The number of carbonyl (C=O) groups excluding carboxylic acids is 2. The summed E-state index contributed by atoms with van der Waals surface area (Å²) in [5, 5.41) is 8.14. The largest absolute Gasteiger partial charge is 0.418 e. The van der Waals surface area contributed by atoms with Gasteiger partial charge in [-0.2, -0.15) is 13.2 Å². The Bertz CT molecular complexity index is 1320. The number of amides is 2. The summed E-state index contributed by atoms with van der Waals surface area (Å²) in [6.45, 7) is 0.0699. The van der Waals surface area contributed by atoms with Gasteiger partial charge in [-0.05, 0) is 65.2 Å². The van der Waals surface area contributed by atoms with Crippen molar-refractivity contribution in [2.24, 2.45) is 0 Å². The van der Waals surface area contributed by atoms with Crippen molar-refractivity contribution in [3.63, 3.8) is 0 Å². The number of hydrogen-bond donors (Lipinski definition) is 4. The molecule has 0 unspecified atom stereocenters. The fraction of sp³-hybridized carbons (Fsp3) is 0.217. The summed E-state index contributed by atoms with van der Waals surface area (Å²) < 4.78 is 40.3. The first kappa shape index (κ1) is 25.7. The van der Waals surface area contributed by atoms with Crippen LogP contribution < -0.4 is 21.7 Å². The van der Waals surface area contributed by atoms with E-state index in [0.717, 1.165) is 6.07 Å². The van der Waals surface area contributed by atoms with Gasteiger partial charge in [0.15, 0.2) is 0 Å². The number of hydrogen-bond acceptors (Lipinski definition) is 6. The van der Waals surface area contributed by atoms with E-state index in [4.69, 9.17) is 17.3 Å². The van der Waals surface area contributed by atoms with Crippen molar-refractivity contribution in [3.8, 4) is 0 Å². The van der Waals surface area contributed by atoms with E-state index in [9.17, 15) is 22.8 Å². The Labute approximate surface area is 217 Å². The Kier molecular flexibility index (Phi) is 7.10. The van der Waals surface area contributed by atoms with Crippen molar-refractivity contribution in [1.82, 2.24) is 20.6 Å². The lowest BCUT2D eigenvalue weighted by atomic mass is 10.1. The third-order valence-corrected chi connectivity index (χ3v) is 6.36. The van der Waals surface area contributed by atoms with Gasteiger partial charge in [0.1, 0.15) is 11.4 Å². The molecule has 1 saturated carbocycles. The topological polar surface area (TPSA) is 122 Å². The summed E-state index contributed by atoms with van der Waals surface area (Å²) in [6.07, 6.45) is -0.943. The molecule has 8 nitrogen and oxygen atoms in total. The zero-order valence-corrected chi connectivity index (χ0v) is 20.8. The Balaban J connectivity index is 1.35. The first-order valence-corrected chi connectivity index (χ1v) is 11.7. The highest BCUT2D eigenvalue weighted by atomic mass is 79.9. The normalized spacial score (nSPS) is 14.1. The van der Waals surface area contributed by atoms with Crippen LogP contribution in [-0.2, 0) is 17.5 Å². The van der Waals surface area contributed by atoms with E-state index in [1.165, 1.54) is 30.6 Å². The predicted molar refractivity (Wildman–Crippen MR) is 132 cm³/mol. The average molecular weight is 584 g/mol. The summed E-state index contributed by atoms with van der Waals surface area (Å²) in [7, 11) is 0. The van der Waals surface area contributed by atoms with Gasteiger partial charge in [-0.15, -0.1) is 0 Å². The highest BCUT2D eigenvalue weighted by Gasteiger charge is 2.51. The number of anilines is 3. The van der Waals surface area contributed by atoms with Gasteiger partial charge >= 0.3 is 6.18 Å². The van der Waals surface area contributed by atoms with Gasteiger partial charge in [0.05, 0.1) is 45.4 Å². The molecule has 2 aromatic heterocycles. The fourth-order valence-electron chi connectivity index (χ4n) is 3.35. The lowest BCUT2D eigenvalue weighted by Crippen LogP contribution is -2.48. The molecule has 1 fully saturated rings. The number of carbonyl (C=O) groups is 2. The lowest BCUT2D eigenvalue weighted by molar-refractivity contribution is -0.137. The smallest absolute Gasteiger partial charge is 0.383 e. The Morgan fingerprint density at radius 1 is 1.11 bits per heavy atom. The van der Waals surface area contributed by atoms with E-state index in [1.807, 2.05) is 0 Å². The predicted octanol–water partition coefficient (Wildman–Crippen LogP) is 4.82. The molecule has 1 aliphatic rings. The first-order valence-electron chi connectivity index (χ1n) is 10.6. The van der Waals surface area contributed by atoms with Gasteiger partial charge in [0, 0.05) is 11.2 Å². The van der Waals surface area contributed by atoms with Crippen LogP contribution >= 0.6 is 27.5 Å². The Morgan fingerprint density at radius 2 is 1.86 bits per heavy atom. The second-order valence-electron chi connectivity index (χ2n) is 8.16.